The summed E-state index contributed by atoms with van der Waals surface area (Å²) in [6.07, 6.45) is 0. The average Bonchev–Trinajstić information content (AvgIpc) is 3.80. The molecule has 10 aromatic rings. The van der Waals surface area contributed by atoms with Crippen LogP contribution >= 0.6 is 0 Å². The Balaban J connectivity index is 1.30. The fourth-order valence-corrected chi connectivity index (χ4v) is 7.66. The highest BCUT2D eigenvalue weighted by atomic mass is 15.1. The molecule has 10 rings (SSSR count). The molecule has 0 fully saturated rings. The SMILES string of the molecule is [C-]#[N+]c1ccc2c(c1)c1ccc3c(c4ccccc4n3-c3cccc(-n4c5ccccc5c5cc(C#N)ccc54)n3)c1n2-c1ccccc1. The van der Waals surface area contributed by atoms with Crippen LogP contribution in [0.4, 0.5) is 5.69 Å². The molecule has 0 N–H and O–H groups in total. The first-order valence-corrected chi connectivity index (χ1v) is 16.1. The van der Waals surface area contributed by atoms with Crippen LogP contribution in [-0.4, -0.2) is 18.7 Å². The van der Waals surface area contributed by atoms with Crippen molar-refractivity contribution in [2.75, 3.05) is 0 Å². The van der Waals surface area contributed by atoms with Gasteiger partial charge in [-0.05, 0) is 78.2 Å². The zero-order valence-electron chi connectivity index (χ0n) is 26.0. The Morgan fingerprint density at radius 1 is 0.510 bits per heavy atom. The number of rotatable bonds is 3. The Hall–Kier alpha value is -7.15. The lowest BCUT2D eigenvalue weighted by molar-refractivity contribution is 1.01. The molecule has 0 aliphatic heterocycles. The maximum Gasteiger partial charge on any atom is 0.188 e. The van der Waals surface area contributed by atoms with Gasteiger partial charge < -0.3 is 4.57 Å². The number of pyridine rings is 1. The Labute approximate surface area is 280 Å². The molecular weight excluding hydrogens is 601 g/mol. The van der Waals surface area contributed by atoms with E-state index in [2.05, 4.69) is 116 Å². The second kappa shape index (κ2) is 10.2. The summed E-state index contributed by atoms with van der Waals surface area (Å²) >= 11 is 0. The number of aromatic nitrogens is 4. The Bertz CT molecular complexity index is 3070. The van der Waals surface area contributed by atoms with Crippen LogP contribution in [0.15, 0.2) is 146 Å². The molecule has 4 aromatic heterocycles. The van der Waals surface area contributed by atoms with Crippen molar-refractivity contribution in [3.05, 3.63) is 163 Å². The summed E-state index contributed by atoms with van der Waals surface area (Å²) in [7, 11) is 0. The van der Waals surface area contributed by atoms with Crippen molar-refractivity contribution < 1.29 is 0 Å². The predicted molar refractivity (Wildman–Crippen MR) is 198 cm³/mol. The van der Waals surface area contributed by atoms with Crippen molar-refractivity contribution in [2.45, 2.75) is 0 Å². The third-order valence-electron chi connectivity index (χ3n) is 9.67. The van der Waals surface area contributed by atoms with Crippen molar-refractivity contribution in [1.82, 2.24) is 18.7 Å². The topological polar surface area (TPSA) is 55.8 Å². The van der Waals surface area contributed by atoms with E-state index in [4.69, 9.17) is 11.6 Å². The monoisotopic (exact) mass is 624 g/mol. The van der Waals surface area contributed by atoms with Crippen LogP contribution in [-0.2, 0) is 0 Å². The first-order valence-electron chi connectivity index (χ1n) is 16.1. The lowest BCUT2D eigenvalue weighted by atomic mass is 10.1. The maximum atomic E-state index is 9.64. The molecule has 6 heteroatoms. The maximum absolute atomic E-state index is 9.64. The Kier molecular flexibility index (Phi) is 5.61. The first-order chi connectivity index (χ1) is 24.2. The Morgan fingerprint density at radius 3 is 1.90 bits per heavy atom. The van der Waals surface area contributed by atoms with Crippen LogP contribution in [0, 0.1) is 17.9 Å². The molecule has 4 heterocycles. The van der Waals surface area contributed by atoms with E-state index in [1.54, 1.807) is 0 Å². The van der Waals surface area contributed by atoms with Gasteiger partial charge in [0.25, 0.3) is 0 Å². The predicted octanol–water partition coefficient (Wildman–Crippen LogP) is 10.8. The summed E-state index contributed by atoms with van der Waals surface area (Å²) in [5, 5.41) is 16.1. The van der Waals surface area contributed by atoms with Crippen molar-refractivity contribution in [2.24, 2.45) is 0 Å². The molecular formula is C43H24N6. The summed E-state index contributed by atoms with van der Waals surface area (Å²) in [4.78, 5) is 9.10. The summed E-state index contributed by atoms with van der Waals surface area (Å²) in [5.41, 5.74) is 8.61. The normalized spacial score (nSPS) is 11.6. The Morgan fingerprint density at radius 2 is 1.12 bits per heavy atom. The lowest BCUT2D eigenvalue weighted by Crippen LogP contribution is -2.03. The molecule has 0 saturated heterocycles. The van der Waals surface area contributed by atoms with Crippen molar-refractivity contribution in [1.29, 1.82) is 5.26 Å². The number of hydrogen-bond acceptors (Lipinski definition) is 2. The molecule has 0 saturated carbocycles. The van der Waals surface area contributed by atoms with Gasteiger partial charge in [0.2, 0.25) is 0 Å². The van der Waals surface area contributed by atoms with Gasteiger partial charge in [-0.15, -0.1) is 0 Å². The molecule has 0 spiro atoms. The van der Waals surface area contributed by atoms with Gasteiger partial charge in [0.1, 0.15) is 11.6 Å². The fourth-order valence-electron chi connectivity index (χ4n) is 7.66. The van der Waals surface area contributed by atoms with E-state index in [0.717, 1.165) is 82.7 Å². The van der Waals surface area contributed by atoms with Crippen LogP contribution < -0.4 is 0 Å². The van der Waals surface area contributed by atoms with Crippen LogP contribution in [0.5, 0.6) is 0 Å². The number of fused-ring (bicyclic) bond motifs is 10. The molecule has 0 bridgehead atoms. The largest absolute Gasteiger partial charge is 0.309 e. The third-order valence-corrected chi connectivity index (χ3v) is 9.67. The van der Waals surface area contributed by atoms with Gasteiger partial charge in [0.15, 0.2) is 5.69 Å². The zero-order chi connectivity index (χ0) is 32.6. The lowest BCUT2D eigenvalue weighted by Gasteiger charge is -2.12. The molecule has 0 amide bonds. The molecule has 49 heavy (non-hydrogen) atoms. The second-order valence-corrected chi connectivity index (χ2v) is 12.2. The summed E-state index contributed by atoms with van der Waals surface area (Å²) in [6, 6.07) is 51.9. The van der Waals surface area contributed by atoms with Crippen molar-refractivity contribution in [3.63, 3.8) is 0 Å². The van der Waals surface area contributed by atoms with Crippen LogP contribution in [0.1, 0.15) is 5.56 Å². The first kappa shape index (κ1) is 27.0. The van der Waals surface area contributed by atoms with Crippen LogP contribution in [0.25, 0.3) is 87.6 Å². The van der Waals surface area contributed by atoms with Crippen LogP contribution in [0.3, 0.4) is 0 Å². The van der Waals surface area contributed by atoms with Gasteiger partial charge in [0.05, 0.1) is 51.3 Å². The van der Waals surface area contributed by atoms with Crippen LogP contribution in [0.2, 0.25) is 0 Å². The number of nitriles is 1. The molecule has 0 radical (unpaired) electrons. The van der Waals surface area contributed by atoms with Crippen molar-refractivity contribution in [3.8, 4) is 23.4 Å². The minimum absolute atomic E-state index is 0.622. The molecule has 0 aliphatic carbocycles. The smallest absolute Gasteiger partial charge is 0.188 e. The standard InChI is InChI=1S/C43H24N6/c1-45-28-19-22-37-34(25-28)31-20-23-39-42(43(31)47(37)29-10-3-2-4-11-29)32-13-6-8-15-36(32)49(39)41-17-9-16-40(46-41)48-35-14-7-5-12-30(35)33-24-27(26-44)18-21-38(33)48/h2-25H. The minimum Gasteiger partial charge on any atom is -0.309 e. The molecule has 226 valence electrons. The van der Waals surface area contributed by atoms with Gasteiger partial charge in [-0.1, -0.05) is 72.8 Å². The second-order valence-electron chi connectivity index (χ2n) is 12.2. The van der Waals surface area contributed by atoms with Gasteiger partial charge >= 0.3 is 0 Å². The summed E-state index contributed by atoms with van der Waals surface area (Å²) in [6.45, 7) is 7.71. The third kappa shape index (κ3) is 3.77. The highest BCUT2D eigenvalue weighted by Crippen LogP contribution is 2.43. The summed E-state index contributed by atoms with van der Waals surface area (Å²) in [5.74, 6) is 1.60. The van der Waals surface area contributed by atoms with E-state index in [-0.39, 0.29) is 0 Å². The average molecular weight is 625 g/mol. The molecule has 6 nitrogen and oxygen atoms in total. The highest BCUT2D eigenvalue weighted by Gasteiger charge is 2.22. The van der Waals surface area contributed by atoms with Gasteiger partial charge in [-0.3, -0.25) is 9.13 Å². The van der Waals surface area contributed by atoms with E-state index < -0.39 is 0 Å². The van der Waals surface area contributed by atoms with E-state index in [1.165, 1.54) is 0 Å². The van der Waals surface area contributed by atoms with Gasteiger partial charge in [0, 0.05) is 32.6 Å². The number of hydrogen-bond donors (Lipinski definition) is 0. The summed E-state index contributed by atoms with van der Waals surface area (Å²) < 4.78 is 6.77. The molecule has 0 atom stereocenters. The molecule has 6 aromatic carbocycles. The minimum atomic E-state index is 0.622. The highest BCUT2D eigenvalue weighted by molar-refractivity contribution is 6.26. The van der Waals surface area contributed by atoms with Gasteiger partial charge in [-0.25, -0.2) is 9.83 Å². The number of para-hydroxylation sites is 3. The molecule has 0 aliphatic rings. The van der Waals surface area contributed by atoms with E-state index in [0.29, 0.717) is 11.3 Å². The fraction of sp³-hybridized carbons (Fsp3) is 0. The van der Waals surface area contributed by atoms with Crippen molar-refractivity contribution >= 4 is 71.1 Å². The number of nitrogens with zero attached hydrogens (tertiary/aromatic N) is 6. The number of benzene rings is 6. The van der Waals surface area contributed by atoms with E-state index >= 15 is 0 Å². The van der Waals surface area contributed by atoms with E-state index in [1.807, 2.05) is 54.6 Å². The van der Waals surface area contributed by atoms with E-state index in [9.17, 15) is 5.26 Å². The van der Waals surface area contributed by atoms with Gasteiger partial charge in [-0.2, -0.15) is 5.26 Å². The molecule has 0 unspecified atom stereocenters. The zero-order valence-corrected chi connectivity index (χ0v) is 26.0. The quantitative estimate of drug-likeness (QED) is 0.184.